The van der Waals surface area contributed by atoms with Crippen molar-refractivity contribution in [1.82, 2.24) is 4.98 Å². The van der Waals surface area contributed by atoms with Crippen molar-refractivity contribution >= 4 is 63.0 Å². The van der Waals surface area contributed by atoms with Crippen molar-refractivity contribution in [2.45, 2.75) is 16.2 Å². The molecule has 3 atom stereocenters. The largest absolute Gasteiger partial charge is 0.483 e. The van der Waals surface area contributed by atoms with Crippen LogP contribution in [-0.4, -0.2) is 34.6 Å². The normalized spacial score (nSPS) is 19.3. The number of carbonyl (C=O) groups excluding carboxylic acids is 3. The lowest BCUT2D eigenvalue weighted by molar-refractivity contribution is -0.122. The topological polar surface area (TPSA) is 109 Å². The number of thioether (sulfide) groups is 1. The summed E-state index contributed by atoms with van der Waals surface area (Å²) in [5.74, 6) is -2.92. The van der Waals surface area contributed by atoms with Crippen LogP contribution in [0.4, 0.5) is 15.8 Å². The zero-order valence-electron chi connectivity index (χ0n) is 22.3. The molecular weight excluding hydrogens is 590 g/mol. The number of para-hydroxylation sites is 1. The Bertz CT molecular complexity index is 1970. The molecule has 214 valence electrons. The number of benzene rings is 4. The van der Waals surface area contributed by atoms with Crippen LogP contribution in [0, 0.1) is 11.7 Å². The molecule has 8 nitrogen and oxygen atoms in total. The monoisotopic (exact) mass is 611 g/mol. The summed E-state index contributed by atoms with van der Waals surface area (Å²) in [6, 6.07) is 25.6. The molecule has 2 N–H and O–H groups in total. The predicted octanol–water partition coefficient (Wildman–Crippen LogP) is 5.54. The van der Waals surface area contributed by atoms with Crippen LogP contribution >= 0.6 is 23.1 Å². The summed E-state index contributed by atoms with van der Waals surface area (Å²) in [6.45, 7) is -0.301. The smallest absolute Gasteiger partial charge is 0.305 e. The average Bonchev–Trinajstić information content (AvgIpc) is 3.50. The van der Waals surface area contributed by atoms with Gasteiger partial charge in [-0.25, -0.2) is 9.29 Å². The van der Waals surface area contributed by atoms with Crippen LogP contribution in [0.1, 0.15) is 16.4 Å². The Balaban J connectivity index is 1.19. The van der Waals surface area contributed by atoms with E-state index >= 15 is 0 Å². The molecule has 3 heterocycles. The third-order valence-corrected chi connectivity index (χ3v) is 9.96. The predicted molar refractivity (Wildman–Crippen MR) is 163 cm³/mol. The molecule has 3 amide bonds. The van der Waals surface area contributed by atoms with Crippen LogP contribution in [0.15, 0.2) is 101 Å². The highest BCUT2D eigenvalue weighted by atomic mass is 32.2. The highest BCUT2D eigenvalue weighted by Crippen LogP contribution is 2.54. The lowest BCUT2D eigenvalue weighted by atomic mass is 9.82. The lowest BCUT2D eigenvalue weighted by Crippen LogP contribution is -2.32. The van der Waals surface area contributed by atoms with E-state index in [-0.39, 0.29) is 23.1 Å². The standard InChI is InChI=1S/C32H22FN3O5S2/c33-19-10-13-21(14-11-19)36-30(38)26-25(27-29(35-32(40)43-27)42-28(26)31(36)39)22-7-3-4-8-23(22)41-16-24(37)34-20-12-9-17-5-1-2-6-18(17)15-20/h1-15,25-26,28H,16H2,(H,34,37)(H,35,40)/t25-,26-,28+/m0/s1. The lowest BCUT2D eigenvalue weighted by Gasteiger charge is -2.30. The van der Waals surface area contributed by atoms with E-state index in [9.17, 15) is 23.6 Å². The Morgan fingerprint density at radius 1 is 0.907 bits per heavy atom. The number of fused-ring (bicyclic) bond motifs is 3. The number of rotatable bonds is 6. The fourth-order valence-corrected chi connectivity index (χ4v) is 8.18. The molecule has 1 aromatic heterocycles. The third-order valence-electron chi connectivity index (χ3n) is 7.55. The van der Waals surface area contributed by atoms with Gasteiger partial charge in [0.15, 0.2) is 6.61 Å². The number of H-pyrrole nitrogens is 1. The van der Waals surface area contributed by atoms with E-state index in [1.807, 2.05) is 42.5 Å². The zero-order chi connectivity index (χ0) is 29.7. The van der Waals surface area contributed by atoms with Crippen LogP contribution in [0.3, 0.4) is 0 Å². The molecule has 11 heteroatoms. The molecule has 0 bridgehead atoms. The fourth-order valence-electron chi connectivity index (χ4n) is 5.67. The number of hydrogen-bond acceptors (Lipinski definition) is 7. The number of nitrogens with one attached hydrogen (secondary N) is 2. The van der Waals surface area contributed by atoms with Gasteiger partial charge in [-0.05, 0) is 53.2 Å². The molecule has 0 spiro atoms. The average molecular weight is 612 g/mol. The second kappa shape index (κ2) is 10.8. The molecule has 2 aliphatic rings. The van der Waals surface area contributed by atoms with Gasteiger partial charge < -0.3 is 15.0 Å². The van der Waals surface area contributed by atoms with Gasteiger partial charge in [0.2, 0.25) is 11.8 Å². The number of halogens is 1. The van der Waals surface area contributed by atoms with E-state index in [0.717, 1.165) is 38.8 Å². The summed E-state index contributed by atoms with van der Waals surface area (Å²) in [4.78, 5) is 57.1. The summed E-state index contributed by atoms with van der Waals surface area (Å²) in [5, 5.41) is 4.61. The van der Waals surface area contributed by atoms with Gasteiger partial charge in [0.1, 0.15) is 16.8 Å². The molecule has 0 radical (unpaired) electrons. The number of carbonyl (C=O) groups is 3. The molecule has 0 saturated carbocycles. The number of hydrogen-bond donors (Lipinski definition) is 2. The number of aromatic nitrogens is 1. The minimum atomic E-state index is -0.849. The van der Waals surface area contributed by atoms with Gasteiger partial charge in [-0.2, -0.15) is 0 Å². The number of thiazole rings is 1. The minimum Gasteiger partial charge on any atom is -0.483 e. The van der Waals surface area contributed by atoms with Gasteiger partial charge in [-0.15, -0.1) is 0 Å². The van der Waals surface area contributed by atoms with E-state index < -0.39 is 34.7 Å². The van der Waals surface area contributed by atoms with Gasteiger partial charge in [0.25, 0.3) is 5.91 Å². The highest BCUT2D eigenvalue weighted by molar-refractivity contribution is 8.00. The number of anilines is 2. The molecule has 5 aromatic rings. The molecular formula is C32H22FN3O5S2. The summed E-state index contributed by atoms with van der Waals surface area (Å²) in [7, 11) is 0. The van der Waals surface area contributed by atoms with Crippen molar-refractivity contribution in [3.8, 4) is 5.75 Å². The van der Waals surface area contributed by atoms with Crippen LogP contribution < -0.4 is 19.8 Å². The van der Waals surface area contributed by atoms with E-state index in [0.29, 0.717) is 26.9 Å². The van der Waals surface area contributed by atoms with Crippen molar-refractivity contribution in [1.29, 1.82) is 0 Å². The Labute approximate surface area is 252 Å². The number of aromatic amines is 1. The summed E-state index contributed by atoms with van der Waals surface area (Å²) >= 11 is 2.13. The highest BCUT2D eigenvalue weighted by Gasteiger charge is 2.56. The maximum Gasteiger partial charge on any atom is 0.305 e. The Morgan fingerprint density at radius 3 is 2.47 bits per heavy atom. The van der Waals surface area contributed by atoms with Gasteiger partial charge in [-0.1, -0.05) is 71.6 Å². The van der Waals surface area contributed by atoms with E-state index in [2.05, 4.69) is 10.3 Å². The van der Waals surface area contributed by atoms with Crippen LogP contribution in [-0.2, 0) is 14.4 Å². The van der Waals surface area contributed by atoms with E-state index in [1.165, 1.54) is 24.3 Å². The Morgan fingerprint density at radius 2 is 1.65 bits per heavy atom. The first kappa shape index (κ1) is 27.1. The first-order valence-corrected chi connectivity index (χ1v) is 15.1. The molecule has 0 aliphatic carbocycles. The molecule has 1 fully saturated rings. The first-order chi connectivity index (χ1) is 20.9. The first-order valence-electron chi connectivity index (χ1n) is 13.4. The van der Waals surface area contributed by atoms with Crippen LogP contribution in [0.25, 0.3) is 10.8 Å². The quantitative estimate of drug-likeness (QED) is 0.244. The van der Waals surface area contributed by atoms with Crippen molar-refractivity contribution in [2.24, 2.45) is 5.92 Å². The molecule has 43 heavy (non-hydrogen) atoms. The minimum absolute atomic E-state index is 0.275. The summed E-state index contributed by atoms with van der Waals surface area (Å²) in [5.41, 5.74) is 1.48. The van der Waals surface area contributed by atoms with E-state index in [4.69, 9.17) is 4.74 Å². The second-order valence-electron chi connectivity index (χ2n) is 10.2. The van der Waals surface area contributed by atoms with Gasteiger partial charge in [-0.3, -0.25) is 19.2 Å². The summed E-state index contributed by atoms with van der Waals surface area (Å²) < 4.78 is 19.6. The summed E-state index contributed by atoms with van der Waals surface area (Å²) in [6.07, 6.45) is 0. The van der Waals surface area contributed by atoms with Crippen LogP contribution in [0.2, 0.25) is 0 Å². The maximum absolute atomic E-state index is 13.9. The Kier molecular flexibility index (Phi) is 6.83. The number of nitrogens with zero attached hydrogens (tertiary/aromatic N) is 1. The maximum atomic E-state index is 13.9. The van der Waals surface area contributed by atoms with Crippen molar-refractivity contribution in [3.63, 3.8) is 0 Å². The molecule has 1 saturated heterocycles. The Hall–Kier alpha value is -4.74. The number of imide groups is 1. The zero-order valence-corrected chi connectivity index (χ0v) is 23.9. The fraction of sp³-hybridized carbons (Fsp3) is 0.125. The van der Waals surface area contributed by atoms with Crippen molar-refractivity contribution in [3.05, 3.63) is 117 Å². The van der Waals surface area contributed by atoms with Gasteiger partial charge in [0, 0.05) is 22.0 Å². The molecule has 7 rings (SSSR count). The molecule has 2 aliphatic heterocycles. The van der Waals surface area contributed by atoms with E-state index in [1.54, 1.807) is 24.3 Å². The second-order valence-corrected chi connectivity index (χ2v) is 12.3. The van der Waals surface area contributed by atoms with Gasteiger partial charge >= 0.3 is 4.87 Å². The number of amides is 3. The van der Waals surface area contributed by atoms with Gasteiger partial charge in [0.05, 0.1) is 16.6 Å². The van der Waals surface area contributed by atoms with Crippen molar-refractivity contribution < 1.29 is 23.5 Å². The molecule has 4 aromatic carbocycles. The number of ether oxygens (including phenoxy) is 1. The van der Waals surface area contributed by atoms with Crippen LogP contribution in [0.5, 0.6) is 5.75 Å². The molecule has 0 unspecified atom stereocenters. The third kappa shape index (κ3) is 4.90. The SMILES string of the molecule is O=C(COc1ccccc1[C@@H]1c2sc(=O)[nH]c2S[C@H]2C(=O)N(c3ccc(F)cc3)C(=O)[C@@H]12)Nc1ccc2ccccc2c1. The van der Waals surface area contributed by atoms with Crippen molar-refractivity contribution in [2.75, 3.05) is 16.8 Å².